The van der Waals surface area contributed by atoms with Crippen LogP contribution in [0.25, 0.3) is 0 Å². The van der Waals surface area contributed by atoms with Crippen LogP contribution in [0.1, 0.15) is 0 Å². The maximum absolute atomic E-state index is 0. The molecular formula is H10F6NNa. The molecule has 0 heterocycles. The fourth-order valence-electron chi connectivity index (χ4n) is 0. The Morgan fingerprint density at radius 3 is 0.375 bits per heavy atom. The molecule has 0 aromatic rings. The van der Waals surface area contributed by atoms with Gasteiger partial charge in [-0.25, -0.2) is 0 Å². The fourth-order valence-corrected chi connectivity index (χ4v) is 0. The van der Waals surface area contributed by atoms with Crippen molar-refractivity contribution < 1.29 is 28.2 Å². The molecule has 0 aromatic carbocycles. The zero-order valence-electron chi connectivity index (χ0n) is 3.16. The Hall–Kier alpha value is 0.540. The second-order valence-electron chi connectivity index (χ2n) is 0. The molecular weight excluding hydrogens is 151 g/mol. The standard InChI is InChI=1S/6FH.H3N.Na.H/h6*1H;1H3;;. The van der Waals surface area contributed by atoms with Crippen molar-refractivity contribution in [2.24, 2.45) is 0 Å². The van der Waals surface area contributed by atoms with E-state index in [0.717, 1.165) is 0 Å². The molecule has 0 amide bonds. The van der Waals surface area contributed by atoms with E-state index < -0.39 is 0 Å². The van der Waals surface area contributed by atoms with Crippen molar-refractivity contribution in [1.29, 1.82) is 0 Å². The van der Waals surface area contributed by atoms with Crippen molar-refractivity contribution >= 4 is 29.6 Å². The molecule has 0 saturated carbocycles. The van der Waals surface area contributed by atoms with Gasteiger partial charge < -0.3 is 6.15 Å². The molecule has 0 aliphatic carbocycles. The van der Waals surface area contributed by atoms with Gasteiger partial charge in [-0.1, -0.05) is 0 Å². The van der Waals surface area contributed by atoms with Crippen molar-refractivity contribution in [3.8, 4) is 0 Å². The van der Waals surface area contributed by atoms with E-state index in [-0.39, 0.29) is 63.9 Å². The van der Waals surface area contributed by atoms with Crippen LogP contribution in [0.4, 0.5) is 28.2 Å². The van der Waals surface area contributed by atoms with Crippen LogP contribution < -0.4 is 6.15 Å². The summed E-state index contributed by atoms with van der Waals surface area (Å²) in [7, 11) is 0. The third kappa shape index (κ3) is 688. The van der Waals surface area contributed by atoms with Gasteiger partial charge in [-0.05, 0) is 0 Å². The first-order chi connectivity index (χ1) is 0. The van der Waals surface area contributed by atoms with Crippen molar-refractivity contribution in [1.82, 2.24) is 6.15 Å². The Labute approximate surface area is 64.3 Å². The van der Waals surface area contributed by atoms with Crippen molar-refractivity contribution in [2.45, 2.75) is 0 Å². The molecule has 1 nitrogen and oxygen atoms in total. The SMILES string of the molecule is F.F.F.F.F.F.N.[NaH]. The topological polar surface area (TPSA) is 35.0 Å². The molecule has 0 spiro atoms. The molecule has 0 aromatic heterocycles. The monoisotopic (exact) mass is 161 g/mol. The van der Waals surface area contributed by atoms with Gasteiger partial charge in [-0.15, -0.1) is 0 Å². The van der Waals surface area contributed by atoms with E-state index in [0.29, 0.717) is 0 Å². The molecule has 0 rings (SSSR count). The van der Waals surface area contributed by atoms with E-state index in [1.54, 1.807) is 0 Å². The zero-order valence-corrected chi connectivity index (χ0v) is 3.16. The predicted molar refractivity (Wildman–Crippen MR) is 27.2 cm³/mol. The molecule has 0 saturated heterocycles. The Balaban J connectivity index is 0. The van der Waals surface area contributed by atoms with Gasteiger partial charge in [0.15, 0.2) is 0 Å². The molecule has 58 valence electrons. The fraction of sp³-hybridized carbons (Fsp3) is 0. The van der Waals surface area contributed by atoms with Crippen LogP contribution in [0.15, 0.2) is 0 Å². The van der Waals surface area contributed by atoms with E-state index >= 15 is 0 Å². The van der Waals surface area contributed by atoms with Crippen LogP contribution in [0, 0.1) is 0 Å². The first kappa shape index (κ1) is 1660. The minimum atomic E-state index is 0. The first-order valence-electron chi connectivity index (χ1n) is 0. The summed E-state index contributed by atoms with van der Waals surface area (Å²) >= 11 is 0. The molecule has 0 bridgehead atoms. The molecule has 0 unspecified atom stereocenters. The van der Waals surface area contributed by atoms with Crippen LogP contribution in [-0.4, -0.2) is 29.6 Å². The number of halogens is 6. The first-order valence-corrected chi connectivity index (χ1v) is 0. The molecule has 8 heavy (non-hydrogen) atoms. The van der Waals surface area contributed by atoms with E-state index in [4.69, 9.17) is 0 Å². The predicted octanol–water partition coefficient (Wildman–Crippen LogP) is 0.428. The van der Waals surface area contributed by atoms with E-state index in [9.17, 15) is 0 Å². The van der Waals surface area contributed by atoms with Gasteiger partial charge in [-0.3, -0.25) is 28.2 Å². The summed E-state index contributed by atoms with van der Waals surface area (Å²) in [6.07, 6.45) is 0. The maximum atomic E-state index is 0. The minimum absolute atomic E-state index is 0. The van der Waals surface area contributed by atoms with Gasteiger partial charge in [0.2, 0.25) is 0 Å². The average Bonchev–Trinajstić information content (AvgIpc) is 0. The van der Waals surface area contributed by atoms with Crippen LogP contribution in [0.2, 0.25) is 0 Å². The van der Waals surface area contributed by atoms with Crippen LogP contribution in [-0.2, 0) is 0 Å². The van der Waals surface area contributed by atoms with Crippen molar-refractivity contribution in [3.05, 3.63) is 0 Å². The second kappa shape index (κ2) is 1110. The molecule has 3 N–H and O–H groups in total. The Morgan fingerprint density at radius 1 is 0.375 bits per heavy atom. The van der Waals surface area contributed by atoms with Gasteiger partial charge in [-0.2, -0.15) is 0 Å². The Morgan fingerprint density at radius 2 is 0.375 bits per heavy atom. The van der Waals surface area contributed by atoms with Gasteiger partial charge in [0.25, 0.3) is 0 Å². The summed E-state index contributed by atoms with van der Waals surface area (Å²) in [4.78, 5) is 0. The van der Waals surface area contributed by atoms with E-state index in [2.05, 4.69) is 0 Å². The van der Waals surface area contributed by atoms with Crippen molar-refractivity contribution in [2.75, 3.05) is 0 Å². The second-order valence-corrected chi connectivity index (χ2v) is 0. The Kier molecular flexibility index (Phi) is 230000. The quantitative estimate of drug-likeness (QED) is 0.405. The molecule has 0 atom stereocenters. The van der Waals surface area contributed by atoms with Crippen LogP contribution >= 0.6 is 0 Å². The number of rotatable bonds is 0. The summed E-state index contributed by atoms with van der Waals surface area (Å²) < 4.78 is 0. The molecule has 0 aliphatic rings. The van der Waals surface area contributed by atoms with Crippen molar-refractivity contribution in [3.63, 3.8) is 0 Å². The zero-order chi connectivity index (χ0) is 0. The van der Waals surface area contributed by atoms with E-state index in [1.807, 2.05) is 0 Å². The number of hydrogen-bond acceptors (Lipinski definition) is 1. The summed E-state index contributed by atoms with van der Waals surface area (Å²) in [5.74, 6) is 0. The Bertz CT molecular complexity index is 8.49. The van der Waals surface area contributed by atoms with Gasteiger partial charge in [0.05, 0.1) is 0 Å². The summed E-state index contributed by atoms with van der Waals surface area (Å²) in [5.41, 5.74) is 0. The van der Waals surface area contributed by atoms with E-state index in [1.165, 1.54) is 0 Å². The summed E-state index contributed by atoms with van der Waals surface area (Å²) in [5, 5.41) is 0. The third-order valence-corrected chi connectivity index (χ3v) is 0. The summed E-state index contributed by atoms with van der Waals surface area (Å²) in [6.45, 7) is 0. The average molecular weight is 161 g/mol. The van der Waals surface area contributed by atoms with Crippen LogP contribution in [0.3, 0.4) is 0 Å². The van der Waals surface area contributed by atoms with Gasteiger partial charge >= 0.3 is 29.6 Å². The third-order valence-electron chi connectivity index (χ3n) is 0. The molecule has 8 heteroatoms. The molecule has 0 aliphatic heterocycles. The molecule has 0 radical (unpaired) electrons. The summed E-state index contributed by atoms with van der Waals surface area (Å²) in [6, 6.07) is 0. The molecule has 0 fully saturated rings. The van der Waals surface area contributed by atoms with Crippen LogP contribution in [0.5, 0.6) is 0 Å². The van der Waals surface area contributed by atoms with Gasteiger partial charge in [0, 0.05) is 0 Å². The normalized spacial score (nSPS) is 0. The number of hydrogen-bond donors (Lipinski definition) is 1. The van der Waals surface area contributed by atoms with Gasteiger partial charge in [0.1, 0.15) is 0 Å².